The maximum Gasteiger partial charge on any atom is 0.243 e. The second kappa shape index (κ2) is 13.7. The van der Waals surface area contributed by atoms with Crippen molar-refractivity contribution in [3.05, 3.63) is 84.0 Å². The standard InChI is InChI=1S/C28H35N5O4/c1-22-18-32(26(34)11-10-24-17-31-37-21-24)14-15-33(19-22)27(25-9-5-6-12-29-25)28(35)30-13-16-36-20-23-7-3-2-4-8-23/h2-9,12,17,21-22,27H,10-11,13-16,18-20H2,1H3,(H,30,35). The van der Waals surface area contributed by atoms with Crippen molar-refractivity contribution in [1.82, 2.24) is 25.3 Å². The van der Waals surface area contributed by atoms with Gasteiger partial charge in [-0.25, -0.2) is 0 Å². The van der Waals surface area contributed by atoms with Crippen LogP contribution in [0.3, 0.4) is 0 Å². The molecule has 0 radical (unpaired) electrons. The Balaban J connectivity index is 1.34. The molecule has 1 fully saturated rings. The number of aromatic nitrogens is 2. The van der Waals surface area contributed by atoms with E-state index in [4.69, 9.17) is 9.26 Å². The predicted octanol–water partition coefficient (Wildman–Crippen LogP) is 2.86. The van der Waals surface area contributed by atoms with Crippen LogP contribution in [0.1, 0.15) is 36.2 Å². The van der Waals surface area contributed by atoms with Crippen LogP contribution < -0.4 is 5.32 Å². The molecule has 2 amide bonds. The summed E-state index contributed by atoms with van der Waals surface area (Å²) in [6.07, 6.45) is 5.93. The minimum absolute atomic E-state index is 0.101. The zero-order chi connectivity index (χ0) is 25.9. The number of rotatable bonds is 11. The number of amides is 2. The lowest BCUT2D eigenvalue weighted by atomic mass is 10.1. The summed E-state index contributed by atoms with van der Waals surface area (Å²) in [7, 11) is 0. The van der Waals surface area contributed by atoms with Crippen LogP contribution >= 0.6 is 0 Å². The summed E-state index contributed by atoms with van der Waals surface area (Å²) in [4.78, 5) is 34.9. The molecule has 0 saturated carbocycles. The Bertz CT molecular complexity index is 1090. The van der Waals surface area contributed by atoms with Crippen LogP contribution in [0.4, 0.5) is 0 Å². The molecular formula is C28H35N5O4. The highest BCUT2D eigenvalue weighted by atomic mass is 16.5. The average molecular weight is 506 g/mol. The number of hydrogen-bond donors (Lipinski definition) is 1. The quantitative estimate of drug-likeness (QED) is 0.400. The topological polar surface area (TPSA) is 101 Å². The summed E-state index contributed by atoms with van der Waals surface area (Å²) in [5, 5.41) is 6.73. The number of ether oxygens (including phenoxy) is 1. The maximum absolute atomic E-state index is 13.4. The summed E-state index contributed by atoms with van der Waals surface area (Å²) in [5.74, 6) is 0.195. The van der Waals surface area contributed by atoms with Gasteiger partial charge in [0.15, 0.2) is 0 Å². The van der Waals surface area contributed by atoms with E-state index < -0.39 is 6.04 Å². The maximum atomic E-state index is 13.4. The molecule has 1 aliphatic heterocycles. The van der Waals surface area contributed by atoms with E-state index >= 15 is 0 Å². The van der Waals surface area contributed by atoms with Crippen LogP contribution in [0.25, 0.3) is 0 Å². The minimum Gasteiger partial charge on any atom is -0.375 e. The Labute approximate surface area is 217 Å². The van der Waals surface area contributed by atoms with Gasteiger partial charge in [0.05, 0.1) is 25.1 Å². The van der Waals surface area contributed by atoms with Crippen LogP contribution in [-0.2, 0) is 27.4 Å². The van der Waals surface area contributed by atoms with E-state index in [1.807, 2.05) is 53.4 Å². The van der Waals surface area contributed by atoms with Gasteiger partial charge in [-0.15, -0.1) is 0 Å². The summed E-state index contributed by atoms with van der Waals surface area (Å²) < 4.78 is 10.6. The fourth-order valence-corrected chi connectivity index (χ4v) is 4.62. The third-order valence-electron chi connectivity index (χ3n) is 6.44. The Morgan fingerprint density at radius 1 is 1.11 bits per heavy atom. The number of pyridine rings is 1. The van der Waals surface area contributed by atoms with Gasteiger partial charge in [-0.2, -0.15) is 0 Å². The van der Waals surface area contributed by atoms with Crippen molar-refractivity contribution in [2.75, 3.05) is 39.3 Å². The van der Waals surface area contributed by atoms with Gasteiger partial charge in [0.25, 0.3) is 0 Å². The van der Waals surface area contributed by atoms with E-state index in [0.29, 0.717) is 64.5 Å². The van der Waals surface area contributed by atoms with Crippen molar-refractivity contribution < 1.29 is 18.8 Å². The summed E-state index contributed by atoms with van der Waals surface area (Å²) >= 11 is 0. The second-order valence-corrected chi connectivity index (χ2v) is 9.46. The average Bonchev–Trinajstić information content (AvgIpc) is 3.37. The van der Waals surface area contributed by atoms with Crippen molar-refractivity contribution >= 4 is 11.8 Å². The second-order valence-electron chi connectivity index (χ2n) is 9.46. The number of benzene rings is 1. The number of nitrogens with one attached hydrogen (secondary N) is 1. The molecular weight excluding hydrogens is 470 g/mol. The highest BCUT2D eigenvalue weighted by molar-refractivity contribution is 5.82. The highest BCUT2D eigenvalue weighted by Gasteiger charge is 2.33. The number of aryl methyl sites for hydroxylation is 1. The third kappa shape index (κ3) is 7.96. The van der Waals surface area contributed by atoms with Gasteiger partial charge in [0.2, 0.25) is 11.8 Å². The summed E-state index contributed by atoms with van der Waals surface area (Å²) in [6, 6.07) is 15.0. The van der Waals surface area contributed by atoms with Crippen molar-refractivity contribution in [1.29, 1.82) is 0 Å². The molecule has 9 nitrogen and oxygen atoms in total. The molecule has 0 bridgehead atoms. The fourth-order valence-electron chi connectivity index (χ4n) is 4.62. The van der Waals surface area contributed by atoms with Gasteiger partial charge in [0.1, 0.15) is 12.3 Å². The van der Waals surface area contributed by atoms with Crippen LogP contribution in [-0.4, -0.2) is 71.1 Å². The van der Waals surface area contributed by atoms with Crippen molar-refractivity contribution in [3.63, 3.8) is 0 Å². The minimum atomic E-state index is -0.537. The van der Waals surface area contributed by atoms with E-state index in [1.54, 1.807) is 18.7 Å². The first kappa shape index (κ1) is 26.5. The first-order valence-corrected chi connectivity index (χ1v) is 12.8. The summed E-state index contributed by atoms with van der Waals surface area (Å²) in [6.45, 7) is 5.93. The Morgan fingerprint density at radius 3 is 2.70 bits per heavy atom. The van der Waals surface area contributed by atoms with Gasteiger partial charge >= 0.3 is 0 Å². The number of carbonyl (C=O) groups is 2. The highest BCUT2D eigenvalue weighted by Crippen LogP contribution is 2.23. The Kier molecular flexibility index (Phi) is 9.79. The molecule has 3 heterocycles. The van der Waals surface area contributed by atoms with E-state index in [9.17, 15) is 9.59 Å². The van der Waals surface area contributed by atoms with Crippen LogP contribution in [0.2, 0.25) is 0 Å². The number of nitrogens with zero attached hydrogens (tertiary/aromatic N) is 4. The zero-order valence-corrected chi connectivity index (χ0v) is 21.3. The van der Waals surface area contributed by atoms with Gasteiger partial charge in [-0.3, -0.25) is 19.5 Å². The van der Waals surface area contributed by atoms with Crippen molar-refractivity contribution in [3.8, 4) is 0 Å². The fraction of sp³-hybridized carbons (Fsp3) is 0.429. The number of hydrogen-bond acceptors (Lipinski definition) is 7. The molecule has 1 aromatic carbocycles. The first-order chi connectivity index (χ1) is 18.1. The predicted molar refractivity (Wildman–Crippen MR) is 138 cm³/mol. The summed E-state index contributed by atoms with van der Waals surface area (Å²) in [5.41, 5.74) is 2.71. The van der Waals surface area contributed by atoms with Gasteiger partial charge in [-0.05, 0) is 30.0 Å². The van der Waals surface area contributed by atoms with E-state index in [-0.39, 0.29) is 17.7 Å². The molecule has 1 saturated heterocycles. The molecule has 1 aliphatic rings. The van der Waals surface area contributed by atoms with Gasteiger partial charge < -0.3 is 19.5 Å². The molecule has 2 atom stereocenters. The molecule has 3 aromatic rings. The molecule has 0 spiro atoms. The Morgan fingerprint density at radius 2 is 1.95 bits per heavy atom. The lowest BCUT2D eigenvalue weighted by Crippen LogP contribution is -2.44. The molecule has 4 rings (SSSR count). The molecule has 37 heavy (non-hydrogen) atoms. The van der Waals surface area contributed by atoms with Gasteiger partial charge in [-0.1, -0.05) is 48.5 Å². The smallest absolute Gasteiger partial charge is 0.243 e. The Hall–Kier alpha value is -3.56. The molecule has 2 unspecified atom stereocenters. The first-order valence-electron chi connectivity index (χ1n) is 12.8. The third-order valence-corrected chi connectivity index (χ3v) is 6.44. The van der Waals surface area contributed by atoms with Crippen LogP contribution in [0, 0.1) is 5.92 Å². The lowest BCUT2D eigenvalue weighted by Gasteiger charge is -2.30. The zero-order valence-electron chi connectivity index (χ0n) is 21.3. The largest absolute Gasteiger partial charge is 0.375 e. The monoisotopic (exact) mass is 505 g/mol. The SMILES string of the molecule is CC1CN(C(=O)CCc2cnoc2)CCN(C(C(=O)NCCOCc2ccccc2)c2ccccn2)C1. The normalized spacial score (nSPS) is 17.2. The molecule has 1 N–H and O–H groups in total. The van der Waals surface area contributed by atoms with Crippen LogP contribution in [0.5, 0.6) is 0 Å². The molecule has 0 aliphatic carbocycles. The molecule has 2 aromatic heterocycles. The number of carbonyl (C=O) groups excluding carboxylic acids is 2. The van der Waals surface area contributed by atoms with E-state index in [2.05, 4.69) is 27.3 Å². The van der Waals surface area contributed by atoms with Crippen molar-refractivity contribution in [2.45, 2.75) is 32.4 Å². The molecule has 196 valence electrons. The van der Waals surface area contributed by atoms with E-state index in [0.717, 1.165) is 11.1 Å². The van der Waals surface area contributed by atoms with Gasteiger partial charge in [0, 0.05) is 50.9 Å². The van der Waals surface area contributed by atoms with Crippen molar-refractivity contribution in [2.24, 2.45) is 5.92 Å². The van der Waals surface area contributed by atoms with Crippen LogP contribution in [0.15, 0.2) is 71.7 Å². The molecule has 9 heteroatoms. The van der Waals surface area contributed by atoms with E-state index in [1.165, 1.54) is 0 Å². The lowest BCUT2D eigenvalue weighted by molar-refractivity contribution is -0.131.